The van der Waals surface area contributed by atoms with Crippen LogP contribution in [0.4, 0.5) is 0 Å². The number of Topliss-reactive ketones (excluding diaryl/α,β-unsaturated/α-hetero) is 1. The molecule has 0 aromatic carbocycles. The number of nitrogens with zero attached hydrogens (tertiary/aromatic N) is 1. The Balaban J connectivity index is 2.13. The zero-order chi connectivity index (χ0) is 14.3. The fourth-order valence-corrected chi connectivity index (χ4v) is 4.01. The van der Waals surface area contributed by atoms with Gasteiger partial charge < -0.3 is 4.74 Å². The van der Waals surface area contributed by atoms with Gasteiger partial charge in [-0.1, -0.05) is 13.0 Å². The maximum atomic E-state index is 12.8. The predicted octanol–water partition coefficient (Wildman–Crippen LogP) is 2.52. The number of pyridine rings is 1. The fourth-order valence-electron chi connectivity index (χ4n) is 4.01. The zero-order valence-electron chi connectivity index (χ0n) is 12.0. The fraction of sp³-hybridized carbons (Fsp3) is 0.529. The minimum Gasteiger partial charge on any atom is -0.481 e. The molecule has 0 spiro atoms. The monoisotopic (exact) mass is 269 g/mol. The van der Waals surface area contributed by atoms with Crippen molar-refractivity contribution in [3.05, 3.63) is 23.4 Å². The number of fused-ring (bicyclic) bond motifs is 3. The Kier molecular flexibility index (Phi) is 3.05. The Morgan fingerprint density at radius 3 is 3.00 bits per heavy atom. The molecular formula is C17H19NO2. The van der Waals surface area contributed by atoms with Gasteiger partial charge >= 0.3 is 0 Å². The summed E-state index contributed by atoms with van der Waals surface area (Å²) in [6.07, 6.45) is 8.58. The van der Waals surface area contributed by atoms with Crippen molar-refractivity contribution >= 4 is 5.78 Å². The zero-order valence-corrected chi connectivity index (χ0v) is 12.0. The third-order valence-corrected chi connectivity index (χ3v) is 4.87. The molecule has 0 aliphatic heterocycles. The summed E-state index contributed by atoms with van der Waals surface area (Å²) >= 11 is 0. The number of methoxy groups -OCH3 is 1. The van der Waals surface area contributed by atoms with E-state index in [0.717, 1.165) is 24.1 Å². The standard InChI is InChI=1S/C17H19NO2/c1-4-7-17-12(8-11(2)9-15(17)19)10-14-13(17)5-6-16(18-14)20-3/h1,5-6,11-12H,7-10H2,2-3H3/t11-,12+,17+/m1/s1. The SMILES string of the molecule is C#CC[C@]12C(=O)C[C@H](C)C[C@H]1Cc1nc(OC)ccc12. The number of ether oxygens (including phenoxy) is 1. The van der Waals surface area contributed by atoms with E-state index in [0.29, 0.717) is 36.3 Å². The lowest BCUT2D eigenvalue weighted by Crippen LogP contribution is -2.45. The van der Waals surface area contributed by atoms with Crippen LogP contribution in [0.15, 0.2) is 12.1 Å². The molecular weight excluding hydrogens is 250 g/mol. The Hall–Kier alpha value is -1.82. The van der Waals surface area contributed by atoms with E-state index in [1.807, 2.05) is 12.1 Å². The van der Waals surface area contributed by atoms with Gasteiger partial charge in [0.25, 0.3) is 0 Å². The number of aromatic nitrogens is 1. The first-order chi connectivity index (χ1) is 9.61. The Morgan fingerprint density at radius 2 is 2.30 bits per heavy atom. The van der Waals surface area contributed by atoms with Gasteiger partial charge in [-0.15, -0.1) is 12.3 Å². The average Bonchev–Trinajstić information content (AvgIpc) is 2.73. The maximum absolute atomic E-state index is 12.8. The third kappa shape index (κ3) is 1.67. The summed E-state index contributed by atoms with van der Waals surface area (Å²) in [5.74, 6) is 4.38. The number of terminal acetylenes is 1. The Morgan fingerprint density at radius 1 is 1.50 bits per heavy atom. The molecule has 1 aromatic rings. The van der Waals surface area contributed by atoms with Crippen LogP contribution in [0.2, 0.25) is 0 Å². The second kappa shape index (κ2) is 4.63. The largest absolute Gasteiger partial charge is 0.481 e. The summed E-state index contributed by atoms with van der Waals surface area (Å²) in [4.78, 5) is 17.3. The van der Waals surface area contributed by atoms with Crippen molar-refractivity contribution in [2.24, 2.45) is 11.8 Å². The first kappa shape index (κ1) is 13.2. The second-order valence-corrected chi connectivity index (χ2v) is 6.07. The first-order valence-corrected chi connectivity index (χ1v) is 7.13. The van der Waals surface area contributed by atoms with Crippen LogP contribution in [0.25, 0.3) is 0 Å². The van der Waals surface area contributed by atoms with Gasteiger partial charge in [0.15, 0.2) is 0 Å². The van der Waals surface area contributed by atoms with Gasteiger partial charge in [0.2, 0.25) is 5.88 Å². The van der Waals surface area contributed by atoms with Gasteiger partial charge in [-0.25, -0.2) is 4.98 Å². The van der Waals surface area contributed by atoms with E-state index in [1.54, 1.807) is 7.11 Å². The van der Waals surface area contributed by atoms with E-state index < -0.39 is 5.41 Å². The normalized spacial score (nSPS) is 31.4. The van der Waals surface area contributed by atoms with Crippen molar-refractivity contribution in [3.8, 4) is 18.2 Å². The molecule has 0 N–H and O–H groups in total. The van der Waals surface area contributed by atoms with Crippen molar-refractivity contribution in [2.45, 2.75) is 38.0 Å². The van der Waals surface area contributed by atoms with E-state index in [-0.39, 0.29) is 0 Å². The number of carbonyl (C=O) groups is 1. The van der Waals surface area contributed by atoms with Gasteiger partial charge in [-0.05, 0) is 30.2 Å². The molecule has 104 valence electrons. The molecule has 1 fully saturated rings. The number of hydrogen-bond donors (Lipinski definition) is 0. The maximum Gasteiger partial charge on any atom is 0.213 e. The summed E-state index contributed by atoms with van der Waals surface area (Å²) < 4.78 is 5.20. The van der Waals surface area contributed by atoms with Gasteiger partial charge in [-0.3, -0.25) is 4.79 Å². The summed E-state index contributed by atoms with van der Waals surface area (Å²) in [6.45, 7) is 2.15. The predicted molar refractivity (Wildman–Crippen MR) is 76.5 cm³/mol. The van der Waals surface area contributed by atoms with E-state index >= 15 is 0 Å². The molecule has 3 heteroatoms. The van der Waals surface area contributed by atoms with Crippen molar-refractivity contribution in [3.63, 3.8) is 0 Å². The van der Waals surface area contributed by atoms with E-state index in [9.17, 15) is 4.79 Å². The highest BCUT2D eigenvalue weighted by Crippen LogP contribution is 2.52. The van der Waals surface area contributed by atoms with Crippen LogP contribution < -0.4 is 4.74 Å². The van der Waals surface area contributed by atoms with Gasteiger partial charge in [0.05, 0.1) is 12.5 Å². The molecule has 0 bridgehead atoms. The van der Waals surface area contributed by atoms with E-state index in [1.165, 1.54) is 0 Å². The number of ketones is 1. The highest BCUT2D eigenvalue weighted by atomic mass is 16.5. The molecule has 0 unspecified atom stereocenters. The topological polar surface area (TPSA) is 39.2 Å². The highest BCUT2D eigenvalue weighted by Gasteiger charge is 2.54. The first-order valence-electron chi connectivity index (χ1n) is 7.13. The molecule has 0 saturated heterocycles. The minimum atomic E-state index is -0.490. The number of rotatable bonds is 2. The summed E-state index contributed by atoms with van der Waals surface area (Å²) in [5.41, 5.74) is 1.54. The van der Waals surface area contributed by atoms with Crippen LogP contribution in [0.1, 0.15) is 37.4 Å². The molecule has 0 radical (unpaired) electrons. The van der Waals surface area contributed by atoms with Crippen LogP contribution in [-0.4, -0.2) is 17.9 Å². The molecule has 0 amide bonds. The molecule has 3 nitrogen and oxygen atoms in total. The highest BCUT2D eigenvalue weighted by molar-refractivity contribution is 5.93. The van der Waals surface area contributed by atoms with Gasteiger partial charge in [0.1, 0.15) is 5.78 Å². The molecule has 2 aliphatic carbocycles. The van der Waals surface area contributed by atoms with E-state index in [2.05, 4.69) is 17.8 Å². The lowest BCUT2D eigenvalue weighted by molar-refractivity contribution is -0.130. The van der Waals surface area contributed by atoms with Crippen molar-refractivity contribution in [1.82, 2.24) is 4.98 Å². The average molecular weight is 269 g/mol. The lowest BCUT2D eigenvalue weighted by Gasteiger charge is -2.39. The van der Waals surface area contributed by atoms with Crippen LogP contribution >= 0.6 is 0 Å². The smallest absolute Gasteiger partial charge is 0.213 e. The summed E-state index contributed by atoms with van der Waals surface area (Å²) in [7, 11) is 1.61. The minimum absolute atomic E-state index is 0.296. The second-order valence-electron chi connectivity index (χ2n) is 6.07. The number of hydrogen-bond acceptors (Lipinski definition) is 3. The van der Waals surface area contributed by atoms with Crippen molar-refractivity contribution in [1.29, 1.82) is 0 Å². The van der Waals surface area contributed by atoms with Crippen LogP contribution in [0, 0.1) is 24.2 Å². The van der Waals surface area contributed by atoms with Crippen LogP contribution in [0.3, 0.4) is 0 Å². The molecule has 1 saturated carbocycles. The van der Waals surface area contributed by atoms with Gasteiger partial charge in [0, 0.05) is 24.6 Å². The molecule has 3 rings (SSSR count). The van der Waals surface area contributed by atoms with Crippen LogP contribution in [-0.2, 0) is 16.6 Å². The van der Waals surface area contributed by atoms with Crippen molar-refractivity contribution < 1.29 is 9.53 Å². The third-order valence-electron chi connectivity index (χ3n) is 4.87. The quantitative estimate of drug-likeness (QED) is 0.774. The lowest BCUT2D eigenvalue weighted by atomic mass is 9.61. The molecule has 2 aliphatic rings. The Bertz CT molecular complexity index is 601. The van der Waals surface area contributed by atoms with Crippen LogP contribution in [0.5, 0.6) is 5.88 Å². The molecule has 1 heterocycles. The Labute approximate surface area is 119 Å². The van der Waals surface area contributed by atoms with E-state index in [4.69, 9.17) is 11.2 Å². The molecule has 3 atom stereocenters. The summed E-state index contributed by atoms with van der Waals surface area (Å²) in [6, 6.07) is 3.83. The number of carbonyl (C=O) groups excluding carboxylic acids is 1. The summed E-state index contributed by atoms with van der Waals surface area (Å²) in [5, 5.41) is 0. The molecule has 1 aromatic heterocycles. The molecule has 20 heavy (non-hydrogen) atoms. The van der Waals surface area contributed by atoms with Crippen molar-refractivity contribution in [2.75, 3.05) is 7.11 Å². The van der Waals surface area contributed by atoms with Gasteiger partial charge in [-0.2, -0.15) is 0 Å².